The van der Waals surface area contributed by atoms with Gasteiger partial charge >= 0.3 is 5.97 Å². The second kappa shape index (κ2) is 9.47. The summed E-state index contributed by atoms with van der Waals surface area (Å²) in [7, 11) is 0. The molecule has 146 valence electrons. The van der Waals surface area contributed by atoms with Crippen LogP contribution in [-0.4, -0.2) is 52.8 Å². The average molecular weight is 382 g/mol. The van der Waals surface area contributed by atoms with Gasteiger partial charge in [-0.15, -0.1) is 0 Å². The van der Waals surface area contributed by atoms with E-state index in [-0.39, 0.29) is 19.1 Å². The number of anilines is 1. The summed E-state index contributed by atoms with van der Waals surface area (Å²) in [6.45, 7) is 0.845. The Morgan fingerprint density at radius 2 is 2.14 bits per heavy atom. The summed E-state index contributed by atoms with van der Waals surface area (Å²) in [6.07, 6.45) is 3.95. The van der Waals surface area contributed by atoms with Gasteiger partial charge in [0.25, 0.3) is 5.91 Å². The highest BCUT2D eigenvalue weighted by atomic mass is 16.5. The molecule has 28 heavy (non-hydrogen) atoms. The Morgan fingerprint density at radius 1 is 1.25 bits per heavy atom. The van der Waals surface area contributed by atoms with Gasteiger partial charge in [-0.05, 0) is 36.8 Å². The number of nitrogens with one attached hydrogen (secondary N) is 3. The molecule has 0 saturated carbocycles. The number of esters is 1. The molecule has 0 radical (unpaired) electrons. The van der Waals surface area contributed by atoms with Crippen LogP contribution in [-0.2, 0) is 9.53 Å². The second-order valence-corrected chi connectivity index (χ2v) is 6.15. The van der Waals surface area contributed by atoms with Crippen LogP contribution in [0.1, 0.15) is 16.8 Å². The lowest BCUT2D eigenvalue weighted by Gasteiger charge is -2.13. The van der Waals surface area contributed by atoms with Crippen molar-refractivity contribution in [2.45, 2.75) is 12.5 Å². The molecule has 1 atom stereocenters. The number of fused-ring (bicyclic) bond motifs is 1. The molecule has 1 amide bonds. The molecule has 0 fully saturated rings. The fraction of sp³-hybridized carbons (Fsp3) is 0.263. The average Bonchev–Trinajstić information content (AvgIpc) is 3.20. The maximum absolute atomic E-state index is 12.2. The number of aromatic nitrogens is 3. The fourth-order valence-corrected chi connectivity index (χ4v) is 2.51. The number of rotatable bonds is 9. The van der Waals surface area contributed by atoms with E-state index in [4.69, 9.17) is 10.5 Å². The van der Waals surface area contributed by atoms with Crippen molar-refractivity contribution in [3.05, 3.63) is 54.4 Å². The van der Waals surface area contributed by atoms with Gasteiger partial charge in [0.05, 0.1) is 18.3 Å². The molecule has 2 aromatic heterocycles. The minimum absolute atomic E-state index is 0.00667. The maximum Gasteiger partial charge on any atom is 0.324 e. The molecule has 3 aromatic rings. The van der Waals surface area contributed by atoms with Crippen molar-refractivity contribution in [2.75, 3.05) is 25.0 Å². The molecule has 1 aromatic carbocycles. The monoisotopic (exact) mass is 382 g/mol. The van der Waals surface area contributed by atoms with E-state index in [1.807, 2.05) is 18.2 Å². The zero-order chi connectivity index (χ0) is 19.8. The topological polar surface area (TPSA) is 135 Å². The Hall–Kier alpha value is -3.46. The molecule has 0 aliphatic carbocycles. The Morgan fingerprint density at radius 3 is 2.96 bits per heavy atom. The van der Waals surface area contributed by atoms with Crippen molar-refractivity contribution in [3.63, 3.8) is 0 Å². The summed E-state index contributed by atoms with van der Waals surface area (Å²) in [6, 6.07) is 9.81. The van der Waals surface area contributed by atoms with Crippen LogP contribution in [0.25, 0.3) is 10.9 Å². The predicted octanol–water partition coefficient (Wildman–Crippen LogP) is 1.06. The highest BCUT2D eigenvalue weighted by molar-refractivity contribution is 5.98. The van der Waals surface area contributed by atoms with Crippen LogP contribution in [0, 0.1) is 0 Å². The van der Waals surface area contributed by atoms with Crippen molar-refractivity contribution in [2.24, 2.45) is 5.73 Å². The number of nitrogens with zero attached hydrogens (tertiary/aromatic N) is 2. The van der Waals surface area contributed by atoms with Crippen molar-refractivity contribution in [1.82, 2.24) is 20.5 Å². The largest absolute Gasteiger partial charge is 0.464 e. The number of amides is 1. The Kier molecular flexibility index (Phi) is 6.53. The molecule has 3 rings (SSSR count). The zero-order valence-electron chi connectivity index (χ0n) is 15.2. The van der Waals surface area contributed by atoms with Crippen molar-refractivity contribution in [1.29, 1.82) is 0 Å². The Balaban J connectivity index is 1.35. The summed E-state index contributed by atoms with van der Waals surface area (Å²) in [5.74, 6) is -0.101. The minimum atomic E-state index is -0.926. The highest BCUT2D eigenvalue weighted by Crippen LogP contribution is 2.12. The second-order valence-electron chi connectivity index (χ2n) is 6.15. The molecule has 0 spiro atoms. The van der Waals surface area contributed by atoms with E-state index in [0.717, 1.165) is 16.7 Å². The van der Waals surface area contributed by atoms with Gasteiger partial charge in [0.2, 0.25) is 0 Å². The molecule has 5 N–H and O–H groups in total. The first-order valence-corrected chi connectivity index (χ1v) is 8.92. The normalized spacial score (nSPS) is 11.8. The zero-order valence-corrected chi connectivity index (χ0v) is 15.2. The number of hydrogen-bond donors (Lipinski definition) is 4. The van der Waals surface area contributed by atoms with Gasteiger partial charge in [0, 0.05) is 30.2 Å². The van der Waals surface area contributed by atoms with E-state index in [2.05, 4.69) is 25.8 Å². The number of H-pyrrole nitrogens is 1. The first-order chi connectivity index (χ1) is 13.6. The Labute approximate surface area is 161 Å². The number of benzene rings is 1. The molecular weight excluding hydrogens is 360 g/mol. The number of aromatic amines is 1. The first-order valence-electron chi connectivity index (χ1n) is 8.92. The standard InChI is InChI=1S/C19H22N6O3/c20-15(19(27)28-9-3-8-22-17-4-1-2-7-21-17)12-23-18(26)13-5-6-16-14(10-13)11-24-25-16/h1-2,4-7,10-11,15H,3,8-9,12,20H2,(H,21,22)(H,23,26)(H,24,25)/t15-/m0/s1. The number of pyridine rings is 1. The van der Waals surface area contributed by atoms with Gasteiger partial charge in [-0.25, -0.2) is 4.98 Å². The van der Waals surface area contributed by atoms with Gasteiger partial charge in [-0.1, -0.05) is 6.07 Å². The lowest BCUT2D eigenvalue weighted by Crippen LogP contribution is -2.43. The molecule has 0 bridgehead atoms. The van der Waals surface area contributed by atoms with Crippen molar-refractivity contribution in [3.8, 4) is 0 Å². The number of nitrogens with two attached hydrogens (primary N) is 1. The van der Waals surface area contributed by atoms with Crippen molar-refractivity contribution < 1.29 is 14.3 Å². The Bertz CT molecular complexity index is 928. The minimum Gasteiger partial charge on any atom is -0.464 e. The SMILES string of the molecule is N[C@@H](CNC(=O)c1ccc2[nH]ncc2c1)C(=O)OCCCNc1ccccn1. The highest BCUT2D eigenvalue weighted by Gasteiger charge is 2.16. The van der Waals surface area contributed by atoms with E-state index < -0.39 is 12.0 Å². The number of carbonyl (C=O) groups excluding carboxylic acids is 2. The summed E-state index contributed by atoms with van der Waals surface area (Å²) in [5.41, 5.74) is 7.10. The summed E-state index contributed by atoms with van der Waals surface area (Å²) in [4.78, 5) is 28.3. The van der Waals surface area contributed by atoms with Crippen LogP contribution >= 0.6 is 0 Å². The predicted molar refractivity (Wildman–Crippen MR) is 105 cm³/mol. The lowest BCUT2D eigenvalue weighted by molar-refractivity contribution is -0.145. The number of hydrogen-bond acceptors (Lipinski definition) is 7. The molecule has 0 saturated heterocycles. The smallest absolute Gasteiger partial charge is 0.324 e. The molecule has 2 heterocycles. The summed E-state index contributed by atoms with van der Waals surface area (Å²) in [5, 5.41) is 13.3. The number of ether oxygens (including phenoxy) is 1. The van der Waals surface area contributed by atoms with E-state index in [9.17, 15) is 9.59 Å². The molecule has 9 nitrogen and oxygen atoms in total. The van der Waals surface area contributed by atoms with Gasteiger partial charge in [0.1, 0.15) is 11.9 Å². The fourth-order valence-electron chi connectivity index (χ4n) is 2.51. The van der Waals surface area contributed by atoms with Crippen LogP contribution in [0.5, 0.6) is 0 Å². The van der Waals surface area contributed by atoms with E-state index in [0.29, 0.717) is 18.5 Å². The van der Waals surface area contributed by atoms with Crippen molar-refractivity contribution >= 4 is 28.6 Å². The van der Waals surface area contributed by atoms with E-state index in [1.54, 1.807) is 30.6 Å². The summed E-state index contributed by atoms with van der Waals surface area (Å²) >= 11 is 0. The van der Waals surface area contributed by atoms with Crippen LogP contribution in [0.2, 0.25) is 0 Å². The van der Waals surface area contributed by atoms with E-state index >= 15 is 0 Å². The third kappa shape index (κ3) is 5.27. The van der Waals surface area contributed by atoms with E-state index in [1.165, 1.54) is 0 Å². The summed E-state index contributed by atoms with van der Waals surface area (Å²) < 4.78 is 5.14. The van der Waals surface area contributed by atoms with Gasteiger partial charge in [0.15, 0.2) is 0 Å². The van der Waals surface area contributed by atoms with Crippen LogP contribution < -0.4 is 16.4 Å². The van der Waals surface area contributed by atoms with Crippen LogP contribution in [0.3, 0.4) is 0 Å². The molecule has 9 heteroatoms. The quantitative estimate of drug-likeness (QED) is 0.321. The molecular formula is C19H22N6O3. The molecule has 0 unspecified atom stereocenters. The van der Waals surface area contributed by atoms with Gasteiger partial charge < -0.3 is 21.1 Å². The molecule has 0 aliphatic rings. The van der Waals surface area contributed by atoms with Crippen LogP contribution in [0.15, 0.2) is 48.8 Å². The third-order valence-corrected chi connectivity index (χ3v) is 4.02. The van der Waals surface area contributed by atoms with Gasteiger partial charge in [-0.2, -0.15) is 5.10 Å². The molecule has 0 aliphatic heterocycles. The van der Waals surface area contributed by atoms with Gasteiger partial charge in [-0.3, -0.25) is 14.7 Å². The maximum atomic E-state index is 12.2. The first kappa shape index (κ1) is 19.3. The third-order valence-electron chi connectivity index (χ3n) is 4.02. The number of carbonyl (C=O) groups is 2. The lowest BCUT2D eigenvalue weighted by atomic mass is 10.1. The van der Waals surface area contributed by atoms with Crippen LogP contribution in [0.4, 0.5) is 5.82 Å².